The molecule has 2 N–H and O–H groups in total. The maximum Gasteiger partial charge on any atom is 0.233 e. The number of carbonyl (C=O) groups excluding carboxylic acids is 1. The van der Waals surface area contributed by atoms with E-state index in [2.05, 4.69) is 24.4 Å². The fourth-order valence-electron chi connectivity index (χ4n) is 2.63. The maximum atomic E-state index is 12.2. The number of benzene rings is 1. The summed E-state index contributed by atoms with van der Waals surface area (Å²) in [6.45, 7) is 3.01. The fourth-order valence-corrected chi connectivity index (χ4v) is 3.85. The van der Waals surface area contributed by atoms with Crippen LogP contribution >= 0.6 is 11.8 Å². The molecule has 0 saturated heterocycles. The van der Waals surface area contributed by atoms with Gasteiger partial charge in [0.25, 0.3) is 0 Å². The van der Waals surface area contributed by atoms with Crippen molar-refractivity contribution < 1.29 is 9.90 Å². The number of nitrogens with one attached hydrogen (secondary N) is 1. The number of aliphatic hydroxyl groups excluding tert-OH is 1. The molecule has 2 unspecified atom stereocenters. The van der Waals surface area contributed by atoms with Crippen LogP contribution in [0, 0.1) is 5.92 Å². The van der Waals surface area contributed by atoms with Crippen LogP contribution in [0.15, 0.2) is 29.2 Å². The van der Waals surface area contributed by atoms with Gasteiger partial charge in [0.15, 0.2) is 0 Å². The summed E-state index contributed by atoms with van der Waals surface area (Å²) in [5, 5.41) is 12.1. The Balaban J connectivity index is 1.81. The first-order valence-electron chi connectivity index (χ1n) is 7.37. The van der Waals surface area contributed by atoms with Gasteiger partial charge in [-0.2, -0.15) is 0 Å². The molecular formula is C16H23NO2S. The third-order valence-corrected chi connectivity index (χ3v) is 5.06. The Morgan fingerprint density at radius 1 is 1.45 bits per heavy atom. The molecule has 0 saturated carbocycles. The van der Waals surface area contributed by atoms with Crippen LogP contribution in [-0.2, 0) is 11.2 Å². The van der Waals surface area contributed by atoms with Crippen LogP contribution in [0.25, 0.3) is 0 Å². The number of rotatable bonds is 7. The first-order valence-corrected chi connectivity index (χ1v) is 8.25. The molecule has 1 aromatic carbocycles. The molecule has 1 heterocycles. The van der Waals surface area contributed by atoms with E-state index in [-0.39, 0.29) is 17.8 Å². The summed E-state index contributed by atoms with van der Waals surface area (Å²) < 4.78 is 0. The van der Waals surface area contributed by atoms with Crippen molar-refractivity contribution in [3.05, 3.63) is 29.8 Å². The van der Waals surface area contributed by atoms with Gasteiger partial charge in [-0.1, -0.05) is 31.5 Å². The fraction of sp³-hybridized carbons (Fsp3) is 0.562. The quantitative estimate of drug-likeness (QED) is 0.812. The second-order valence-electron chi connectivity index (χ2n) is 5.33. The summed E-state index contributed by atoms with van der Waals surface area (Å²) in [6, 6.07) is 8.23. The van der Waals surface area contributed by atoms with Crippen LogP contribution in [0.1, 0.15) is 31.7 Å². The minimum absolute atomic E-state index is 0.00352. The Kier molecular flexibility index (Phi) is 5.92. The molecule has 1 aliphatic heterocycles. The molecule has 0 aliphatic carbocycles. The van der Waals surface area contributed by atoms with Gasteiger partial charge in [-0.05, 0) is 36.8 Å². The standard InChI is InChI=1S/C16H23NO2S/c1-2-5-12(8-9-18)11-17-16(19)15-10-13-6-3-4-7-14(13)20-15/h3-4,6-7,12,15,18H,2,5,8-11H2,1H3,(H,17,19). The van der Waals surface area contributed by atoms with Gasteiger partial charge in [-0.15, -0.1) is 11.8 Å². The summed E-state index contributed by atoms with van der Waals surface area (Å²) in [5.74, 6) is 0.521. The lowest BCUT2D eigenvalue weighted by atomic mass is 10.00. The number of carbonyl (C=O) groups is 1. The maximum absolute atomic E-state index is 12.2. The first kappa shape index (κ1) is 15.4. The molecule has 1 aliphatic rings. The summed E-state index contributed by atoms with van der Waals surface area (Å²) in [7, 11) is 0. The predicted octanol–water partition coefficient (Wildman–Crippen LogP) is 2.62. The summed E-state index contributed by atoms with van der Waals surface area (Å²) in [4.78, 5) is 13.5. The highest BCUT2D eigenvalue weighted by Gasteiger charge is 2.28. The van der Waals surface area contributed by atoms with E-state index in [0.717, 1.165) is 25.7 Å². The first-order chi connectivity index (χ1) is 9.74. The van der Waals surface area contributed by atoms with E-state index in [1.807, 2.05) is 12.1 Å². The van der Waals surface area contributed by atoms with E-state index in [1.165, 1.54) is 10.5 Å². The zero-order valence-corrected chi connectivity index (χ0v) is 12.8. The molecule has 20 heavy (non-hydrogen) atoms. The number of fused-ring (bicyclic) bond motifs is 1. The largest absolute Gasteiger partial charge is 0.396 e. The lowest BCUT2D eigenvalue weighted by Crippen LogP contribution is -2.36. The van der Waals surface area contributed by atoms with Crippen molar-refractivity contribution in [2.24, 2.45) is 5.92 Å². The van der Waals surface area contributed by atoms with Crippen LogP contribution in [-0.4, -0.2) is 29.4 Å². The van der Waals surface area contributed by atoms with Crippen molar-refractivity contribution in [2.45, 2.75) is 42.8 Å². The van der Waals surface area contributed by atoms with Gasteiger partial charge in [-0.3, -0.25) is 4.79 Å². The lowest BCUT2D eigenvalue weighted by Gasteiger charge is -2.17. The number of thioether (sulfide) groups is 1. The Labute approximate surface area is 125 Å². The van der Waals surface area contributed by atoms with Crippen molar-refractivity contribution in [3.63, 3.8) is 0 Å². The molecule has 1 amide bonds. The summed E-state index contributed by atoms with van der Waals surface area (Å²) in [5.41, 5.74) is 1.28. The van der Waals surface area contributed by atoms with Crippen LogP contribution in [0.2, 0.25) is 0 Å². The Morgan fingerprint density at radius 3 is 2.95 bits per heavy atom. The second kappa shape index (κ2) is 7.70. The highest BCUT2D eigenvalue weighted by atomic mass is 32.2. The van der Waals surface area contributed by atoms with Crippen LogP contribution < -0.4 is 5.32 Å². The Morgan fingerprint density at radius 2 is 2.25 bits per heavy atom. The van der Waals surface area contributed by atoms with Crippen molar-refractivity contribution in [2.75, 3.05) is 13.2 Å². The molecule has 0 spiro atoms. The van der Waals surface area contributed by atoms with E-state index >= 15 is 0 Å². The monoisotopic (exact) mass is 293 g/mol. The van der Waals surface area contributed by atoms with Gasteiger partial charge in [0.05, 0.1) is 5.25 Å². The molecule has 1 aromatic rings. The zero-order chi connectivity index (χ0) is 14.4. The van der Waals surface area contributed by atoms with Crippen molar-refractivity contribution in [1.82, 2.24) is 5.32 Å². The van der Waals surface area contributed by atoms with Gasteiger partial charge < -0.3 is 10.4 Å². The van der Waals surface area contributed by atoms with Gasteiger partial charge >= 0.3 is 0 Å². The molecule has 0 bridgehead atoms. The van der Waals surface area contributed by atoms with Crippen LogP contribution in [0.5, 0.6) is 0 Å². The minimum atomic E-state index is 0.00352. The van der Waals surface area contributed by atoms with Crippen LogP contribution in [0.4, 0.5) is 0 Å². The molecule has 0 aromatic heterocycles. The van der Waals surface area contributed by atoms with E-state index in [4.69, 9.17) is 5.11 Å². The molecule has 0 fully saturated rings. The average Bonchev–Trinajstić information content (AvgIpc) is 2.89. The number of amides is 1. The highest BCUT2D eigenvalue weighted by molar-refractivity contribution is 8.01. The molecule has 110 valence electrons. The minimum Gasteiger partial charge on any atom is -0.396 e. The van der Waals surface area contributed by atoms with Gasteiger partial charge in [-0.25, -0.2) is 0 Å². The molecule has 2 rings (SSSR count). The summed E-state index contributed by atoms with van der Waals surface area (Å²) >= 11 is 1.66. The molecule has 3 nitrogen and oxygen atoms in total. The van der Waals surface area contributed by atoms with E-state index in [1.54, 1.807) is 11.8 Å². The van der Waals surface area contributed by atoms with E-state index in [9.17, 15) is 4.79 Å². The van der Waals surface area contributed by atoms with Gasteiger partial charge in [0, 0.05) is 18.0 Å². The van der Waals surface area contributed by atoms with E-state index < -0.39 is 0 Å². The van der Waals surface area contributed by atoms with Crippen molar-refractivity contribution in [3.8, 4) is 0 Å². The SMILES string of the molecule is CCCC(CCO)CNC(=O)C1Cc2ccccc2S1. The topological polar surface area (TPSA) is 49.3 Å². The van der Waals surface area contributed by atoms with Gasteiger partial charge in [0.1, 0.15) is 0 Å². The molecule has 4 heteroatoms. The number of hydrogen-bond donors (Lipinski definition) is 2. The van der Waals surface area contributed by atoms with Gasteiger partial charge in [0.2, 0.25) is 5.91 Å². The lowest BCUT2D eigenvalue weighted by molar-refractivity contribution is -0.120. The molecule has 2 atom stereocenters. The Bertz CT molecular complexity index is 419. The molecular weight excluding hydrogens is 270 g/mol. The predicted molar refractivity (Wildman–Crippen MR) is 82.9 cm³/mol. The van der Waals surface area contributed by atoms with Crippen molar-refractivity contribution >= 4 is 17.7 Å². The normalized spacial score (nSPS) is 18.6. The third kappa shape index (κ3) is 4.00. The number of hydrogen-bond acceptors (Lipinski definition) is 3. The van der Waals surface area contributed by atoms with E-state index in [0.29, 0.717) is 12.5 Å². The summed E-state index contributed by atoms with van der Waals surface area (Å²) in [6.07, 6.45) is 3.74. The second-order valence-corrected chi connectivity index (χ2v) is 6.58. The average molecular weight is 293 g/mol. The smallest absolute Gasteiger partial charge is 0.233 e. The third-order valence-electron chi connectivity index (χ3n) is 3.74. The number of aliphatic hydroxyl groups is 1. The molecule has 0 radical (unpaired) electrons. The highest BCUT2D eigenvalue weighted by Crippen LogP contribution is 2.36. The zero-order valence-electron chi connectivity index (χ0n) is 12.0. The van der Waals surface area contributed by atoms with Crippen LogP contribution in [0.3, 0.4) is 0 Å². The Hall–Kier alpha value is -1.00. The van der Waals surface area contributed by atoms with Crippen molar-refractivity contribution in [1.29, 1.82) is 0 Å².